The summed E-state index contributed by atoms with van der Waals surface area (Å²) in [4.78, 5) is 15.4. The molecule has 3 rings (SSSR count). The molecule has 0 amide bonds. The number of piperazine rings is 1. The third-order valence-electron chi connectivity index (χ3n) is 4.52. The molecule has 1 saturated heterocycles. The minimum absolute atomic E-state index is 0.172. The van der Waals surface area contributed by atoms with E-state index in [0.29, 0.717) is 0 Å². The van der Waals surface area contributed by atoms with Crippen molar-refractivity contribution in [3.05, 3.63) is 75.3 Å². The Bertz CT molecular complexity index is 692. The molecule has 1 heterocycles. The SMILES string of the molecule is Cc1ccc(CN2CCN(Cc3cccc([N+](=O)[O-])c3)CC2)cc1. The summed E-state index contributed by atoms with van der Waals surface area (Å²) in [6.07, 6.45) is 0. The van der Waals surface area contributed by atoms with E-state index in [-0.39, 0.29) is 10.6 Å². The van der Waals surface area contributed by atoms with Gasteiger partial charge in [-0.1, -0.05) is 42.0 Å². The third-order valence-corrected chi connectivity index (χ3v) is 4.52. The molecule has 24 heavy (non-hydrogen) atoms. The highest BCUT2D eigenvalue weighted by molar-refractivity contribution is 5.34. The van der Waals surface area contributed by atoms with Crippen molar-refractivity contribution in [2.75, 3.05) is 26.2 Å². The smallest absolute Gasteiger partial charge is 0.269 e. The molecule has 2 aromatic rings. The summed E-state index contributed by atoms with van der Waals surface area (Å²) in [5.41, 5.74) is 3.83. The van der Waals surface area contributed by atoms with Gasteiger partial charge in [-0.05, 0) is 18.1 Å². The lowest BCUT2D eigenvalue weighted by atomic mass is 10.1. The van der Waals surface area contributed by atoms with Gasteiger partial charge in [0, 0.05) is 51.4 Å². The van der Waals surface area contributed by atoms with Crippen LogP contribution in [-0.2, 0) is 13.1 Å². The molecule has 2 aromatic carbocycles. The Morgan fingerprint density at radius 1 is 0.917 bits per heavy atom. The number of aryl methyl sites for hydroxylation is 1. The maximum atomic E-state index is 10.9. The van der Waals surface area contributed by atoms with E-state index in [0.717, 1.165) is 44.8 Å². The average molecular weight is 325 g/mol. The summed E-state index contributed by atoms with van der Waals surface area (Å²) in [7, 11) is 0. The van der Waals surface area contributed by atoms with Crippen molar-refractivity contribution in [3.63, 3.8) is 0 Å². The van der Waals surface area contributed by atoms with Gasteiger partial charge in [0.05, 0.1) is 4.92 Å². The molecular formula is C19H23N3O2. The summed E-state index contributed by atoms with van der Waals surface area (Å²) >= 11 is 0. The summed E-state index contributed by atoms with van der Waals surface area (Å²) in [6.45, 7) is 7.93. The van der Waals surface area contributed by atoms with Crippen molar-refractivity contribution in [2.24, 2.45) is 0 Å². The molecule has 0 atom stereocenters. The van der Waals surface area contributed by atoms with E-state index in [2.05, 4.69) is 41.0 Å². The minimum atomic E-state index is -0.330. The largest absolute Gasteiger partial charge is 0.297 e. The number of nitro groups is 1. The first-order valence-electron chi connectivity index (χ1n) is 8.34. The van der Waals surface area contributed by atoms with Crippen LogP contribution in [0.1, 0.15) is 16.7 Å². The van der Waals surface area contributed by atoms with Crippen LogP contribution in [0.25, 0.3) is 0 Å². The lowest BCUT2D eigenvalue weighted by Crippen LogP contribution is -2.45. The van der Waals surface area contributed by atoms with Crippen LogP contribution in [0.2, 0.25) is 0 Å². The van der Waals surface area contributed by atoms with E-state index >= 15 is 0 Å². The van der Waals surface area contributed by atoms with Gasteiger partial charge in [0.1, 0.15) is 0 Å². The van der Waals surface area contributed by atoms with Crippen molar-refractivity contribution in [1.82, 2.24) is 9.80 Å². The first-order chi connectivity index (χ1) is 11.6. The molecule has 5 heteroatoms. The van der Waals surface area contributed by atoms with Crippen LogP contribution in [0.4, 0.5) is 5.69 Å². The summed E-state index contributed by atoms with van der Waals surface area (Å²) < 4.78 is 0. The van der Waals surface area contributed by atoms with Gasteiger partial charge in [-0.3, -0.25) is 19.9 Å². The van der Waals surface area contributed by atoms with Gasteiger partial charge in [0.15, 0.2) is 0 Å². The fourth-order valence-electron chi connectivity index (χ4n) is 3.08. The van der Waals surface area contributed by atoms with E-state index in [1.54, 1.807) is 18.2 Å². The van der Waals surface area contributed by atoms with Gasteiger partial charge < -0.3 is 0 Å². The molecule has 0 radical (unpaired) electrons. The molecule has 1 aliphatic heterocycles. The molecule has 126 valence electrons. The summed E-state index contributed by atoms with van der Waals surface area (Å²) in [5.74, 6) is 0. The highest BCUT2D eigenvalue weighted by Gasteiger charge is 2.17. The fourth-order valence-corrected chi connectivity index (χ4v) is 3.08. The number of nitro benzene ring substituents is 1. The molecule has 0 N–H and O–H groups in total. The van der Waals surface area contributed by atoms with Gasteiger partial charge in [-0.2, -0.15) is 0 Å². The Morgan fingerprint density at radius 3 is 2.08 bits per heavy atom. The van der Waals surface area contributed by atoms with Crippen LogP contribution in [-0.4, -0.2) is 40.9 Å². The predicted octanol–water partition coefficient (Wildman–Crippen LogP) is 3.22. The zero-order valence-corrected chi connectivity index (χ0v) is 14.0. The van der Waals surface area contributed by atoms with Gasteiger partial charge in [-0.15, -0.1) is 0 Å². The van der Waals surface area contributed by atoms with Gasteiger partial charge in [-0.25, -0.2) is 0 Å². The molecule has 1 fully saturated rings. The molecular weight excluding hydrogens is 302 g/mol. The second-order valence-corrected chi connectivity index (χ2v) is 6.46. The van der Waals surface area contributed by atoms with Crippen LogP contribution < -0.4 is 0 Å². The molecule has 1 aliphatic rings. The standard InChI is InChI=1S/C19H23N3O2/c1-16-5-7-17(8-6-16)14-20-9-11-21(12-10-20)15-18-3-2-4-19(13-18)22(23)24/h2-8,13H,9-12,14-15H2,1H3. The topological polar surface area (TPSA) is 49.6 Å². The highest BCUT2D eigenvalue weighted by Crippen LogP contribution is 2.16. The number of non-ortho nitro benzene ring substituents is 1. The van der Waals surface area contributed by atoms with Crippen LogP contribution in [0.3, 0.4) is 0 Å². The van der Waals surface area contributed by atoms with E-state index in [4.69, 9.17) is 0 Å². The van der Waals surface area contributed by atoms with Crippen LogP contribution in [0.15, 0.2) is 48.5 Å². The van der Waals surface area contributed by atoms with Crippen molar-refractivity contribution < 1.29 is 4.92 Å². The Kier molecular flexibility index (Phi) is 5.23. The Hall–Kier alpha value is -2.24. The van der Waals surface area contributed by atoms with E-state index < -0.39 is 0 Å². The Labute approximate surface area is 142 Å². The summed E-state index contributed by atoms with van der Waals surface area (Å²) in [5, 5.41) is 10.9. The number of benzene rings is 2. The van der Waals surface area contributed by atoms with Crippen LogP contribution in [0.5, 0.6) is 0 Å². The molecule has 0 aliphatic carbocycles. The fraction of sp³-hybridized carbons (Fsp3) is 0.368. The van der Waals surface area contributed by atoms with Crippen LogP contribution in [0, 0.1) is 17.0 Å². The number of hydrogen-bond donors (Lipinski definition) is 0. The summed E-state index contributed by atoms with van der Waals surface area (Å²) in [6, 6.07) is 15.7. The van der Waals surface area contributed by atoms with Crippen molar-refractivity contribution in [1.29, 1.82) is 0 Å². The quantitative estimate of drug-likeness (QED) is 0.625. The second kappa shape index (κ2) is 7.55. The third kappa shape index (κ3) is 4.40. The normalized spacial score (nSPS) is 16.2. The second-order valence-electron chi connectivity index (χ2n) is 6.46. The minimum Gasteiger partial charge on any atom is -0.297 e. The van der Waals surface area contributed by atoms with Crippen LogP contribution >= 0.6 is 0 Å². The molecule has 5 nitrogen and oxygen atoms in total. The van der Waals surface area contributed by atoms with Gasteiger partial charge >= 0.3 is 0 Å². The predicted molar refractivity (Wildman–Crippen MR) is 94.8 cm³/mol. The molecule has 0 aromatic heterocycles. The maximum absolute atomic E-state index is 10.9. The molecule has 0 spiro atoms. The van der Waals surface area contributed by atoms with Gasteiger partial charge in [0.25, 0.3) is 5.69 Å². The lowest BCUT2D eigenvalue weighted by Gasteiger charge is -2.34. The van der Waals surface area contributed by atoms with E-state index in [1.807, 2.05) is 6.07 Å². The first kappa shape index (κ1) is 16.6. The van der Waals surface area contributed by atoms with Gasteiger partial charge in [0.2, 0.25) is 0 Å². The Balaban J connectivity index is 1.51. The zero-order chi connectivity index (χ0) is 16.9. The Morgan fingerprint density at radius 2 is 1.50 bits per heavy atom. The van der Waals surface area contributed by atoms with E-state index in [9.17, 15) is 10.1 Å². The maximum Gasteiger partial charge on any atom is 0.269 e. The van der Waals surface area contributed by atoms with Crippen molar-refractivity contribution >= 4 is 5.69 Å². The molecule has 0 unspecified atom stereocenters. The van der Waals surface area contributed by atoms with Crippen molar-refractivity contribution in [3.8, 4) is 0 Å². The highest BCUT2D eigenvalue weighted by atomic mass is 16.6. The number of hydrogen-bond acceptors (Lipinski definition) is 4. The number of rotatable bonds is 5. The monoisotopic (exact) mass is 325 g/mol. The van der Waals surface area contributed by atoms with Crippen molar-refractivity contribution in [2.45, 2.75) is 20.0 Å². The lowest BCUT2D eigenvalue weighted by molar-refractivity contribution is -0.384. The zero-order valence-electron chi connectivity index (χ0n) is 14.0. The van der Waals surface area contributed by atoms with E-state index in [1.165, 1.54) is 11.1 Å². The molecule has 0 bridgehead atoms. The first-order valence-corrected chi connectivity index (χ1v) is 8.34. The average Bonchev–Trinajstić information content (AvgIpc) is 2.59. The number of nitrogens with zero attached hydrogens (tertiary/aromatic N) is 3. The molecule has 0 saturated carbocycles.